The molecule has 0 bridgehead atoms. The Kier molecular flexibility index (Phi) is 3.66. The van der Waals surface area contributed by atoms with Gasteiger partial charge in [0.05, 0.1) is 5.69 Å². The summed E-state index contributed by atoms with van der Waals surface area (Å²) in [6, 6.07) is 13.4. The van der Waals surface area contributed by atoms with Crippen molar-refractivity contribution in [1.82, 2.24) is 0 Å². The zero-order chi connectivity index (χ0) is 13.8. The number of amidine groups is 1. The molecule has 2 aromatic carbocycles. The predicted molar refractivity (Wildman–Crippen MR) is 73.4 cm³/mol. The highest BCUT2D eigenvalue weighted by atomic mass is 19.1. The number of hydrogen-bond donors (Lipinski definition) is 2. The van der Waals surface area contributed by atoms with Crippen LogP contribution in [0, 0.1) is 5.82 Å². The van der Waals surface area contributed by atoms with E-state index in [0.29, 0.717) is 5.56 Å². The highest BCUT2D eigenvalue weighted by Gasteiger charge is 2.11. The lowest BCUT2D eigenvalue weighted by atomic mass is 10.1. The summed E-state index contributed by atoms with van der Waals surface area (Å²) in [4.78, 5) is 1.84. The van der Waals surface area contributed by atoms with Crippen molar-refractivity contribution in [3.05, 3.63) is 59.9 Å². The largest absolute Gasteiger partial charge is 0.409 e. The quantitative estimate of drug-likeness (QED) is 0.385. The fourth-order valence-electron chi connectivity index (χ4n) is 1.84. The van der Waals surface area contributed by atoms with Crippen molar-refractivity contribution in [3.63, 3.8) is 0 Å². The first kappa shape index (κ1) is 12.9. The molecule has 0 amide bonds. The summed E-state index contributed by atoms with van der Waals surface area (Å²) in [5, 5.41) is 11.8. The normalized spacial score (nSPS) is 11.4. The molecule has 0 radical (unpaired) electrons. The lowest BCUT2D eigenvalue weighted by Gasteiger charge is -2.22. The molecule has 4 nitrogen and oxygen atoms in total. The minimum Gasteiger partial charge on any atom is -0.409 e. The average Bonchev–Trinajstić information content (AvgIpc) is 2.46. The van der Waals surface area contributed by atoms with E-state index in [-0.39, 0.29) is 11.7 Å². The molecular weight excluding hydrogens is 245 g/mol. The SMILES string of the molecule is CN(c1ccc(F)cc1)c1ccccc1C(N)=NO. The van der Waals surface area contributed by atoms with Gasteiger partial charge in [-0.3, -0.25) is 0 Å². The molecule has 2 rings (SSSR count). The van der Waals surface area contributed by atoms with Crippen molar-refractivity contribution >= 4 is 17.2 Å². The van der Waals surface area contributed by atoms with E-state index >= 15 is 0 Å². The Morgan fingerprint density at radius 2 is 1.79 bits per heavy atom. The van der Waals surface area contributed by atoms with Gasteiger partial charge in [0.25, 0.3) is 0 Å². The van der Waals surface area contributed by atoms with Crippen LogP contribution in [0.2, 0.25) is 0 Å². The van der Waals surface area contributed by atoms with E-state index in [9.17, 15) is 4.39 Å². The number of nitrogens with two attached hydrogens (primary N) is 1. The Morgan fingerprint density at radius 1 is 1.16 bits per heavy atom. The molecule has 0 fully saturated rings. The minimum atomic E-state index is -0.290. The maximum Gasteiger partial charge on any atom is 0.172 e. The molecule has 0 spiro atoms. The number of halogens is 1. The number of nitrogens with zero attached hydrogens (tertiary/aromatic N) is 2. The summed E-state index contributed by atoms with van der Waals surface area (Å²) in [6.07, 6.45) is 0. The van der Waals surface area contributed by atoms with E-state index < -0.39 is 0 Å². The highest BCUT2D eigenvalue weighted by Crippen LogP contribution is 2.26. The Morgan fingerprint density at radius 3 is 2.42 bits per heavy atom. The van der Waals surface area contributed by atoms with E-state index in [1.54, 1.807) is 24.3 Å². The van der Waals surface area contributed by atoms with Crippen LogP contribution in [0.25, 0.3) is 0 Å². The second-order valence-corrected chi connectivity index (χ2v) is 4.04. The first-order valence-electron chi connectivity index (χ1n) is 5.69. The maximum atomic E-state index is 12.9. The smallest absolute Gasteiger partial charge is 0.172 e. The molecule has 0 heterocycles. The van der Waals surface area contributed by atoms with E-state index in [1.807, 2.05) is 24.1 Å². The number of rotatable bonds is 3. The third-order valence-corrected chi connectivity index (χ3v) is 2.86. The van der Waals surface area contributed by atoms with Crippen molar-refractivity contribution in [2.75, 3.05) is 11.9 Å². The van der Waals surface area contributed by atoms with Crippen LogP contribution in [-0.4, -0.2) is 18.1 Å². The zero-order valence-electron chi connectivity index (χ0n) is 10.4. The molecule has 0 aliphatic rings. The van der Waals surface area contributed by atoms with Gasteiger partial charge >= 0.3 is 0 Å². The molecule has 2 aromatic rings. The van der Waals surface area contributed by atoms with Gasteiger partial charge in [-0.05, 0) is 36.4 Å². The molecule has 0 saturated heterocycles. The molecule has 0 aliphatic carbocycles. The third kappa shape index (κ3) is 2.65. The first-order chi connectivity index (χ1) is 9.13. The van der Waals surface area contributed by atoms with Gasteiger partial charge in [0.2, 0.25) is 0 Å². The van der Waals surface area contributed by atoms with E-state index in [4.69, 9.17) is 10.9 Å². The van der Waals surface area contributed by atoms with Gasteiger partial charge in [-0.2, -0.15) is 0 Å². The van der Waals surface area contributed by atoms with Crippen LogP contribution in [0.1, 0.15) is 5.56 Å². The molecule has 98 valence electrons. The lowest BCUT2D eigenvalue weighted by Crippen LogP contribution is -2.19. The van der Waals surface area contributed by atoms with Crippen molar-refractivity contribution in [2.24, 2.45) is 10.9 Å². The monoisotopic (exact) mass is 259 g/mol. The van der Waals surface area contributed by atoms with Crippen molar-refractivity contribution in [2.45, 2.75) is 0 Å². The Labute approximate surface area is 110 Å². The second-order valence-electron chi connectivity index (χ2n) is 4.04. The van der Waals surface area contributed by atoms with Crippen LogP contribution < -0.4 is 10.6 Å². The van der Waals surface area contributed by atoms with E-state index in [2.05, 4.69) is 5.16 Å². The summed E-state index contributed by atoms with van der Waals surface area (Å²) in [5.74, 6) is -0.258. The van der Waals surface area contributed by atoms with Crippen LogP contribution in [0.15, 0.2) is 53.7 Å². The summed E-state index contributed by atoms with van der Waals surface area (Å²) in [5.41, 5.74) is 7.83. The number of hydrogen-bond acceptors (Lipinski definition) is 3. The van der Waals surface area contributed by atoms with Gasteiger partial charge < -0.3 is 15.8 Å². The molecular formula is C14H14FN3O. The van der Waals surface area contributed by atoms with Crippen molar-refractivity contribution < 1.29 is 9.60 Å². The fourth-order valence-corrected chi connectivity index (χ4v) is 1.84. The van der Waals surface area contributed by atoms with E-state index in [0.717, 1.165) is 11.4 Å². The van der Waals surface area contributed by atoms with Gasteiger partial charge in [0, 0.05) is 18.3 Å². The average molecular weight is 259 g/mol. The van der Waals surface area contributed by atoms with E-state index in [1.165, 1.54) is 12.1 Å². The number of para-hydroxylation sites is 1. The summed E-state index contributed by atoms with van der Waals surface area (Å²) in [6.45, 7) is 0. The molecule has 19 heavy (non-hydrogen) atoms. The van der Waals surface area contributed by atoms with Crippen LogP contribution >= 0.6 is 0 Å². The Hall–Kier alpha value is -2.56. The fraction of sp³-hybridized carbons (Fsp3) is 0.0714. The topological polar surface area (TPSA) is 61.8 Å². The second kappa shape index (κ2) is 5.39. The third-order valence-electron chi connectivity index (χ3n) is 2.86. The van der Waals surface area contributed by atoms with Gasteiger partial charge in [0.1, 0.15) is 5.82 Å². The van der Waals surface area contributed by atoms with Crippen LogP contribution in [0.3, 0.4) is 0 Å². The highest BCUT2D eigenvalue weighted by molar-refractivity contribution is 6.02. The summed E-state index contributed by atoms with van der Waals surface area (Å²) in [7, 11) is 1.83. The summed E-state index contributed by atoms with van der Waals surface area (Å²) < 4.78 is 12.9. The lowest BCUT2D eigenvalue weighted by molar-refractivity contribution is 0.318. The zero-order valence-corrected chi connectivity index (χ0v) is 10.4. The van der Waals surface area contributed by atoms with Crippen LogP contribution in [0.5, 0.6) is 0 Å². The van der Waals surface area contributed by atoms with Gasteiger partial charge in [-0.25, -0.2) is 4.39 Å². The minimum absolute atomic E-state index is 0.0320. The van der Waals surface area contributed by atoms with Gasteiger partial charge in [-0.1, -0.05) is 17.3 Å². The Bertz CT molecular complexity index is 596. The predicted octanol–water partition coefficient (Wildman–Crippen LogP) is 2.69. The van der Waals surface area contributed by atoms with Crippen molar-refractivity contribution in [3.8, 4) is 0 Å². The molecule has 0 atom stereocenters. The molecule has 0 unspecified atom stereocenters. The molecule has 0 saturated carbocycles. The van der Waals surface area contributed by atoms with Gasteiger partial charge in [-0.15, -0.1) is 0 Å². The maximum absolute atomic E-state index is 12.9. The van der Waals surface area contributed by atoms with Gasteiger partial charge in [0.15, 0.2) is 5.84 Å². The molecule has 3 N–H and O–H groups in total. The first-order valence-corrected chi connectivity index (χ1v) is 5.69. The number of benzene rings is 2. The number of oxime groups is 1. The van der Waals surface area contributed by atoms with Crippen molar-refractivity contribution in [1.29, 1.82) is 0 Å². The molecule has 5 heteroatoms. The Balaban J connectivity index is 2.44. The summed E-state index contributed by atoms with van der Waals surface area (Å²) >= 11 is 0. The van der Waals surface area contributed by atoms with Crippen LogP contribution in [0.4, 0.5) is 15.8 Å². The standard InChI is InChI=1S/C14H14FN3O/c1-18(11-8-6-10(15)7-9-11)13-5-3-2-4-12(13)14(16)17-19/h2-9,19H,1H3,(H2,16,17). The molecule has 0 aliphatic heterocycles. The van der Waals surface area contributed by atoms with Crippen LogP contribution in [-0.2, 0) is 0 Å². The number of anilines is 2. The molecule has 0 aromatic heterocycles.